The third-order valence-electron chi connectivity index (χ3n) is 15.4. The summed E-state index contributed by atoms with van der Waals surface area (Å²) in [5.41, 5.74) is 14.6. The Morgan fingerprint density at radius 2 is 0.609 bits per heavy atom. The summed E-state index contributed by atoms with van der Waals surface area (Å²) < 4.78 is 26.1. The molecule has 324 valence electrons. The molecule has 0 fully saturated rings. The van der Waals surface area contributed by atoms with Crippen LogP contribution >= 0.6 is 0 Å². The maximum atomic E-state index is 7.53. The number of aromatic nitrogens is 3. The maximum absolute atomic E-state index is 7.53. The monoisotopic (exact) mass is 946 g/mol. The van der Waals surface area contributed by atoms with E-state index in [1.807, 2.05) is 0 Å². The second-order valence-corrected chi connectivity index (χ2v) is 27.0. The Kier molecular flexibility index (Phi) is 7.29. The van der Waals surface area contributed by atoms with Gasteiger partial charge in [-0.15, -0.1) is 0 Å². The predicted octanol–water partition coefficient (Wildman–Crippen LogP) is 14.4. The van der Waals surface area contributed by atoms with Crippen LogP contribution < -0.4 is 27.6 Å². The Morgan fingerprint density at radius 3 is 0.942 bits per heavy atom. The predicted molar refractivity (Wildman–Crippen MR) is 286 cm³/mol. The zero-order valence-electron chi connectivity index (χ0n) is 37.7. The van der Waals surface area contributed by atoms with Gasteiger partial charge in [-0.3, -0.25) is 0 Å². The van der Waals surface area contributed by atoms with Crippen LogP contribution in [0.3, 0.4) is 0 Å². The van der Waals surface area contributed by atoms with Crippen molar-refractivity contribution in [1.82, 2.24) is 13.7 Å². The van der Waals surface area contributed by atoms with Gasteiger partial charge in [0.15, 0.2) is 0 Å². The Bertz CT molecular complexity index is 4070. The molecule has 3 aliphatic rings. The molecule has 16 rings (SSSR count). The summed E-state index contributed by atoms with van der Waals surface area (Å²) in [5, 5.41) is 7.32. The molecule has 0 atom stereocenters. The van der Waals surface area contributed by atoms with Crippen molar-refractivity contribution in [3.8, 4) is 40.1 Å². The molecule has 0 unspecified atom stereocenters. The quantitative estimate of drug-likeness (QED) is 0.165. The van der Waals surface area contributed by atoms with Gasteiger partial charge in [0.25, 0.3) is 0 Å². The molecule has 10 aromatic carbocycles. The van der Waals surface area contributed by atoms with Crippen LogP contribution in [0, 0.1) is 6.92 Å². The van der Waals surface area contributed by atoms with Gasteiger partial charge in [0.05, 0.1) is 0 Å². The Hall–Kier alpha value is -8.46. The summed E-state index contributed by atoms with van der Waals surface area (Å²) in [5.74, 6) is 6.15. The molecule has 0 radical (unpaired) electrons. The van der Waals surface area contributed by atoms with Crippen molar-refractivity contribution in [3.05, 3.63) is 212 Å². The van der Waals surface area contributed by atoms with E-state index < -0.39 is 13.3 Å². The van der Waals surface area contributed by atoms with Crippen molar-refractivity contribution in [2.75, 3.05) is 4.90 Å². The van der Waals surface area contributed by atoms with Crippen molar-refractivity contribution < 1.29 is 9.47 Å². The van der Waals surface area contributed by atoms with Crippen LogP contribution in [0.5, 0.6) is 23.0 Å². The first kappa shape index (κ1) is 37.6. The van der Waals surface area contributed by atoms with Crippen LogP contribution in [0.1, 0.15) is 5.56 Å². The number of rotatable bonds is 4. The molecule has 6 heterocycles. The molecule has 0 N–H and O–H groups in total. The molecule has 3 aromatic heterocycles. The topological polar surface area (TPSA) is 36.5 Å². The van der Waals surface area contributed by atoms with E-state index in [0.717, 1.165) is 90.2 Å². The van der Waals surface area contributed by atoms with E-state index in [-0.39, 0.29) is 0 Å². The third kappa shape index (κ3) is 4.85. The first-order chi connectivity index (χ1) is 34.0. The number of ether oxygens (including phenoxy) is 2. The summed E-state index contributed by atoms with van der Waals surface area (Å²) in [6, 6.07) is 75.7. The second-order valence-electron chi connectivity index (χ2n) is 19.1. The molecule has 0 bridgehead atoms. The molecule has 7 heteroatoms. The number of benzene rings is 10. The zero-order valence-corrected chi connectivity index (χ0v) is 39.8. The fourth-order valence-electron chi connectivity index (χ4n) is 12.6. The fourth-order valence-corrected chi connectivity index (χ4v) is 22.3. The van der Waals surface area contributed by atoms with Crippen molar-refractivity contribution in [1.29, 1.82) is 0 Å². The van der Waals surface area contributed by atoms with Gasteiger partial charge in [-0.2, -0.15) is 0 Å². The molecule has 6 nitrogen and oxygen atoms in total. The number of aryl methyl sites for hydroxylation is 1. The van der Waals surface area contributed by atoms with E-state index in [9.17, 15) is 0 Å². The van der Waals surface area contributed by atoms with Crippen LogP contribution in [0.15, 0.2) is 206 Å². The fraction of sp³-hybridized carbons (Fsp3) is 0.0323. The van der Waals surface area contributed by atoms with Crippen LogP contribution in [-0.4, -0.2) is 27.0 Å². The first-order valence-electron chi connectivity index (χ1n) is 23.7. The van der Waals surface area contributed by atoms with Gasteiger partial charge in [0, 0.05) is 0 Å². The number of hydrogen-bond donors (Lipinski definition) is 0. The molecule has 0 spiro atoms. The summed E-state index contributed by atoms with van der Waals surface area (Å²) >= 11 is -3.76. The zero-order chi connectivity index (χ0) is 45.3. The summed E-state index contributed by atoms with van der Waals surface area (Å²) in [6.07, 6.45) is 0. The van der Waals surface area contributed by atoms with Gasteiger partial charge < -0.3 is 0 Å². The number of anilines is 3. The number of fused-ring (bicyclic) bond motifs is 9. The first-order valence-corrected chi connectivity index (χ1v) is 29.0. The Labute approximate surface area is 399 Å². The van der Waals surface area contributed by atoms with Crippen LogP contribution in [0.25, 0.3) is 82.5 Å². The van der Waals surface area contributed by atoms with E-state index in [4.69, 9.17) is 9.47 Å². The minimum atomic E-state index is -3.76. The molecule has 3 aliphatic heterocycles. The van der Waals surface area contributed by atoms with Gasteiger partial charge >= 0.3 is 402 Å². The summed E-state index contributed by atoms with van der Waals surface area (Å²) in [4.78, 5) is 2.51. The third-order valence-corrected chi connectivity index (χ3v) is 24.8. The molecule has 0 saturated heterocycles. The van der Waals surface area contributed by atoms with Gasteiger partial charge in [-0.1, -0.05) is 0 Å². The van der Waals surface area contributed by atoms with Crippen LogP contribution in [0.2, 0.25) is 5.76 Å². The van der Waals surface area contributed by atoms with Gasteiger partial charge in [-0.05, 0) is 0 Å². The van der Waals surface area contributed by atoms with Gasteiger partial charge in [-0.25, -0.2) is 0 Å². The second kappa shape index (κ2) is 13.4. The Balaban J connectivity index is 1.05. The minimum absolute atomic E-state index is 0.872. The molecule has 0 amide bonds. The van der Waals surface area contributed by atoms with E-state index in [0.29, 0.717) is 0 Å². The number of nitrogens with zero attached hydrogens (tertiary/aromatic N) is 4. The molecule has 13 aromatic rings. The Morgan fingerprint density at radius 1 is 0.319 bits per heavy atom. The summed E-state index contributed by atoms with van der Waals surface area (Å²) in [7, 11) is 0. The SMILES string of the molecule is Cc1ccc(N2c3cc(-n4c5ccccc5c5ccccc54)cc4[c]3[Ge]3([CH3])[c]5c(cc(-n6c7ccccc7c7ccccc76)cc5Oc5cc(-n6c7ccccc7c7ccccc76)cc2[c]53)O4)cc1. The molecule has 0 saturated carbocycles. The average Bonchev–Trinajstić information content (AvgIpc) is 4.02. The van der Waals surface area contributed by atoms with E-state index in [2.05, 4.69) is 238 Å². The van der Waals surface area contributed by atoms with E-state index in [1.165, 1.54) is 51.1 Å². The van der Waals surface area contributed by atoms with E-state index >= 15 is 0 Å². The summed E-state index contributed by atoms with van der Waals surface area (Å²) in [6.45, 7) is 2.16. The molecule has 0 aliphatic carbocycles. The standard InChI is InChI=1S/C62H40GeN4O2/c1-37-27-29-38(30-28-37)64-54-31-39(65-48-21-9-3-15-42(48)43-16-4-10-22-49(43)65)33-56-60(54)63(2)61-55(64)32-40(66-50-23-11-5-17-44(50)45-18-6-12-24-51(45)66)34-57(61)69-59-36-41(35-58(68-56)62(59)63)67-52-25-13-7-19-46(52)47-20-8-14-26-53(47)67/h3-36H,1-2H3. The van der Waals surface area contributed by atoms with Gasteiger partial charge in [0.2, 0.25) is 0 Å². The molecular weight excluding hydrogens is 905 g/mol. The van der Waals surface area contributed by atoms with Crippen molar-refractivity contribution in [2.24, 2.45) is 0 Å². The average molecular weight is 946 g/mol. The number of para-hydroxylation sites is 6. The van der Waals surface area contributed by atoms with Crippen molar-refractivity contribution in [3.63, 3.8) is 0 Å². The van der Waals surface area contributed by atoms with Crippen LogP contribution in [0.4, 0.5) is 17.1 Å². The van der Waals surface area contributed by atoms with Gasteiger partial charge in [0.1, 0.15) is 0 Å². The normalized spacial score (nSPS) is 14.0. The van der Waals surface area contributed by atoms with Crippen molar-refractivity contribution in [2.45, 2.75) is 12.7 Å². The van der Waals surface area contributed by atoms with Crippen LogP contribution in [-0.2, 0) is 0 Å². The van der Waals surface area contributed by atoms with E-state index in [1.54, 1.807) is 0 Å². The van der Waals surface area contributed by atoms with Crippen molar-refractivity contribution >= 4 is 109 Å². The molecule has 69 heavy (non-hydrogen) atoms. The number of hydrogen-bond acceptors (Lipinski definition) is 3. The molecular formula is C62H40GeN4O2.